The lowest BCUT2D eigenvalue weighted by atomic mass is 10.0. The zero-order valence-corrected chi connectivity index (χ0v) is 16.9. The van der Waals surface area contributed by atoms with Crippen LogP contribution < -0.4 is 11.1 Å². The van der Waals surface area contributed by atoms with Gasteiger partial charge in [-0.05, 0) is 49.6 Å². The molecule has 1 aliphatic carbocycles. The van der Waals surface area contributed by atoms with Crippen molar-refractivity contribution in [3.05, 3.63) is 52.9 Å². The van der Waals surface area contributed by atoms with Crippen LogP contribution in [0, 0.1) is 12.3 Å². The highest BCUT2D eigenvalue weighted by atomic mass is 16.5. The largest absolute Gasteiger partial charge is 0.491 e. The van der Waals surface area contributed by atoms with Crippen LogP contribution in [0.15, 0.2) is 46.8 Å². The molecule has 5 N–H and O–H groups in total. The standard InChI is InChI=1S/C22H32N4O2/c1-3-4-5-12-28-22-15-21(18(23)14-19(22)24)26-20-7-6-17(13-16(20)2)8-9-25-10-11-27/h6-7,13-15,23,25,27H,3-5,8-12,24H2,1-2H3. The van der Waals surface area contributed by atoms with E-state index >= 15 is 0 Å². The molecule has 0 bridgehead atoms. The van der Waals surface area contributed by atoms with E-state index in [1.165, 1.54) is 5.56 Å². The summed E-state index contributed by atoms with van der Waals surface area (Å²) in [4.78, 5) is 4.67. The fourth-order valence-corrected chi connectivity index (χ4v) is 2.90. The number of allylic oxidation sites excluding steroid dienone is 2. The van der Waals surface area contributed by atoms with Crippen LogP contribution >= 0.6 is 0 Å². The number of aliphatic hydroxyl groups excluding tert-OH is 1. The van der Waals surface area contributed by atoms with Crippen LogP contribution in [0.3, 0.4) is 0 Å². The van der Waals surface area contributed by atoms with Crippen molar-refractivity contribution in [1.82, 2.24) is 5.32 Å². The van der Waals surface area contributed by atoms with Crippen molar-refractivity contribution in [3.8, 4) is 0 Å². The first kappa shape index (κ1) is 21.9. The number of nitrogens with two attached hydrogens (primary N) is 1. The Balaban J connectivity index is 2.09. The summed E-state index contributed by atoms with van der Waals surface area (Å²) in [6.45, 7) is 6.37. The van der Waals surface area contributed by atoms with Gasteiger partial charge >= 0.3 is 0 Å². The Bertz CT molecular complexity index is 766. The SMILES string of the molecule is CCCCCOC1=CC(=Nc2ccc(CCNCCO)cc2C)C(=N)C=C1N. The number of aliphatic hydroxyl groups is 1. The molecule has 0 amide bonds. The molecule has 6 heteroatoms. The molecule has 0 unspecified atom stereocenters. The summed E-state index contributed by atoms with van der Waals surface area (Å²) in [5, 5.41) is 20.2. The van der Waals surface area contributed by atoms with Crippen LogP contribution in [0.2, 0.25) is 0 Å². The van der Waals surface area contributed by atoms with Crippen molar-refractivity contribution >= 4 is 17.1 Å². The number of benzene rings is 1. The predicted molar refractivity (Wildman–Crippen MR) is 115 cm³/mol. The minimum atomic E-state index is 0.151. The van der Waals surface area contributed by atoms with Crippen molar-refractivity contribution in [3.63, 3.8) is 0 Å². The van der Waals surface area contributed by atoms with Gasteiger partial charge in [-0.25, -0.2) is 4.99 Å². The van der Waals surface area contributed by atoms with Crippen molar-refractivity contribution < 1.29 is 9.84 Å². The van der Waals surface area contributed by atoms with Gasteiger partial charge in [-0.2, -0.15) is 0 Å². The number of nitrogens with zero attached hydrogens (tertiary/aromatic N) is 1. The Morgan fingerprint density at radius 1 is 1.21 bits per heavy atom. The van der Waals surface area contributed by atoms with E-state index in [9.17, 15) is 0 Å². The molecule has 0 saturated heterocycles. The van der Waals surface area contributed by atoms with E-state index in [0.717, 1.165) is 43.5 Å². The Kier molecular flexibility index (Phi) is 8.91. The quantitative estimate of drug-likeness (QED) is 0.347. The molecule has 0 aliphatic heterocycles. The maximum absolute atomic E-state index is 8.81. The number of ether oxygens (including phenoxy) is 1. The topological polar surface area (TPSA) is 104 Å². The Labute approximate surface area is 167 Å². The van der Waals surface area contributed by atoms with E-state index in [1.54, 1.807) is 12.2 Å². The van der Waals surface area contributed by atoms with Crippen molar-refractivity contribution in [2.24, 2.45) is 10.7 Å². The predicted octanol–water partition coefficient (Wildman–Crippen LogP) is 3.16. The van der Waals surface area contributed by atoms with Gasteiger partial charge in [0, 0.05) is 12.6 Å². The van der Waals surface area contributed by atoms with Crippen molar-refractivity contribution in [1.29, 1.82) is 5.41 Å². The van der Waals surface area contributed by atoms with Gasteiger partial charge in [0.1, 0.15) is 5.76 Å². The first-order valence-corrected chi connectivity index (χ1v) is 9.96. The highest BCUT2D eigenvalue weighted by Crippen LogP contribution is 2.23. The molecular formula is C22H32N4O2. The van der Waals surface area contributed by atoms with Gasteiger partial charge in [0.05, 0.1) is 36.0 Å². The fourth-order valence-electron chi connectivity index (χ4n) is 2.90. The maximum atomic E-state index is 8.81. The normalized spacial score (nSPS) is 15.5. The Hall–Kier alpha value is -2.44. The summed E-state index contributed by atoms with van der Waals surface area (Å²) in [5.41, 5.74) is 10.4. The van der Waals surface area contributed by atoms with Crippen LogP contribution in [-0.2, 0) is 11.2 Å². The number of hydrogen-bond acceptors (Lipinski definition) is 6. The van der Waals surface area contributed by atoms with E-state index in [2.05, 4.69) is 29.4 Å². The first-order chi connectivity index (χ1) is 13.5. The summed E-state index contributed by atoms with van der Waals surface area (Å²) in [6.07, 6.45) is 7.49. The van der Waals surface area contributed by atoms with Crippen LogP contribution in [0.4, 0.5) is 5.69 Å². The molecule has 1 aromatic rings. The monoisotopic (exact) mass is 384 g/mol. The van der Waals surface area contributed by atoms with E-state index in [1.807, 2.05) is 13.0 Å². The average Bonchev–Trinajstić information content (AvgIpc) is 2.67. The second kappa shape index (κ2) is 11.4. The van der Waals surface area contributed by atoms with Gasteiger partial charge in [-0.15, -0.1) is 0 Å². The van der Waals surface area contributed by atoms with E-state index < -0.39 is 0 Å². The molecule has 152 valence electrons. The summed E-state index contributed by atoms with van der Waals surface area (Å²) in [7, 11) is 0. The minimum Gasteiger partial charge on any atom is -0.491 e. The molecule has 0 fully saturated rings. The molecule has 0 spiro atoms. The Morgan fingerprint density at radius 3 is 2.75 bits per heavy atom. The molecule has 6 nitrogen and oxygen atoms in total. The van der Waals surface area contributed by atoms with Crippen LogP contribution in [0.5, 0.6) is 0 Å². The third-order valence-corrected chi connectivity index (χ3v) is 4.51. The van der Waals surface area contributed by atoms with Gasteiger partial charge in [0.15, 0.2) is 0 Å². The zero-order chi connectivity index (χ0) is 20.4. The molecule has 1 aliphatic rings. The van der Waals surface area contributed by atoms with Gasteiger partial charge < -0.3 is 20.9 Å². The highest BCUT2D eigenvalue weighted by molar-refractivity contribution is 6.50. The van der Waals surface area contributed by atoms with E-state index in [-0.39, 0.29) is 12.3 Å². The van der Waals surface area contributed by atoms with Crippen LogP contribution in [-0.4, -0.2) is 42.8 Å². The highest BCUT2D eigenvalue weighted by Gasteiger charge is 2.16. The van der Waals surface area contributed by atoms with Gasteiger partial charge in [-0.3, -0.25) is 5.41 Å². The lowest BCUT2D eigenvalue weighted by Gasteiger charge is -2.16. The van der Waals surface area contributed by atoms with Crippen LogP contribution in [0.25, 0.3) is 0 Å². The number of hydrogen-bond donors (Lipinski definition) is 4. The second-order valence-corrected chi connectivity index (χ2v) is 6.92. The average molecular weight is 385 g/mol. The molecule has 0 saturated carbocycles. The summed E-state index contributed by atoms with van der Waals surface area (Å²) in [5.74, 6) is 0.593. The third kappa shape index (κ3) is 6.62. The molecule has 0 heterocycles. The van der Waals surface area contributed by atoms with E-state index in [0.29, 0.717) is 30.3 Å². The summed E-state index contributed by atoms with van der Waals surface area (Å²) >= 11 is 0. The second-order valence-electron chi connectivity index (χ2n) is 6.92. The molecule has 1 aromatic carbocycles. The Morgan fingerprint density at radius 2 is 2.04 bits per heavy atom. The number of aryl methyl sites for hydroxylation is 1. The maximum Gasteiger partial charge on any atom is 0.144 e. The number of rotatable bonds is 11. The molecule has 28 heavy (non-hydrogen) atoms. The number of nitrogens with one attached hydrogen (secondary N) is 2. The number of aliphatic imine (C=N–C) groups is 1. The molecular weight excluding hydrogens is 352 g/mol. The lowest BCUT2D eigenvalue weighted by molar-refractivity contribution is 0.213. The van der Waals surface area contributed by atoms with Gasteiger partial charge in [0.25, 0.3) is 0 Å². The fraction of sp³-hybridized carbons (Fsp3) is 0.455. The van der Waals surface area contributed by atoms with Crippen molar-refractivity contribution in [2.45, 2.75) is 39.5 Å². The first-order valence-electron chi connectivity index (χ1n) is 9.96. The number of unbranched alkanes of at least 4 members (excludes halogenated alkanes) is 2. The summed E-state index contributed by atoms with van der Waals surface area (Å²) in [6, 6.07) is 6.15. The minimum absolute atomic E-state index is 0.151. The smallest absolute Gasteiger partial charge is 0.144 e. The summed E-state index contributed by atoms with van der Waals surface area (Å²) < 4.78 is 5.79. The van der Waals surface area contributed by atoms with Crippen molar-refractivity contribution in [2.75, 3.05) is 26.3 Å². The molecule has 2 rings (SSSR count). The zero-order valence-electron chi connectivity index (χ0n) is 16.9. The molecule has 0 aromatic heterocycles. The van der Waals surface area contributed by atoms with Crippen LogP contribution in [0.1, 0.15) is 37.3 Å². The van der Waals surface area contributed by atoms with Gasteiger partial charge in [0.2, 0.25) is 0 Å². The third-order valence-electron chi connectivity index (χ3n) is 4.51. The lowest BCUT2D eigenvalue weighted by Crippen LogP contribution is -2.20. The molecule has 0 radical (unpaired) electrons. The van der Waals surface area contributed by atoms with Gasteiger partial charge in [-0.1, -0.05) is 31.9 Å². The van der Waals surface area contributed by atoms with E-state index in [4.69, 9.17) is 21.0 Å². The molecule has 0 atom stereocenters.